The molecule has 2 aromatic carbocycles. The Kier molecular flexibility index (Phi) is 3.71. The average Bonchev–Trinajstić information content (AvgIpc) is 2.82. The van der Waals surface area contributed by atoms with Gasteiger partial charge < -0.3 is 5.11 Å². The van der Waals surface area contributed by atoms with Crippen LogP contribution >= 0.6 is 11.6 Å². The zero-order valence-electron chi connectivity index (χ0n) is 13.7. The van der Waals surface area contributed by atoms with Crippen molar-refractivity contribution >= 4 is 17.3 Å². The maximum atomic E-state index is 14.0. The fraction of sp³-hybridized carbons (Fsp3) is 0.158. The topological polar surface area (TPSA) is 50.4 Å². The number of imidazole rings is 1. The lowest BCUT2D eigenvalue weighted by atomic mass is 10.00. The molecule has 0 fully saturated rings. The molecule has 1 unspecified atom stereocenters. The number of benzene rings is 2. The van der Waals surface area contributed by atoms with Crippen LogP contribution in [-0.2, 0) is 0 Å². The van der Waals surface area contributed by atoms with Gasteiger partial charge in [0.2, 0.25) is 6.23 Å². The highest BCUT2D eigenvalue weighted by Crippen LogP contribution is 2.33. The Balaban J connectivity index is 2.08. The number of aliphatic imine (C=N–C) groups is 1. The highest BCUT2D eigenvalue weighted by molar-refractivity contribution is 6.35. The predicted molar refractivity (Wildman–Crippen MR) is 95.0 cm³/mol. The van der Waals surface area contributed by atoms with Crippen LogP contribution in [0.2, 0.25) is 5.02 Å². The summed E-state index contributed by atoms with van der Waals surface area (Å²) in [5.74, 6) is 0.0239. The van der Waals surface area contributed by atoms with Crippen molar-refractivity contribution in [2.45, 2.75) is 20.1 Å². The molecule has 6 heteroatoms. The van der Waals surface area contributed by atoms with E-state index in [2.05, 4.69) is 9.98 Å². The molecule has 1 N–H and O–H groups in total. The Morgan fingerprint density at radius 1 is 1.12 bits per heavy atom. The van der Waals surface area contributed by atoms with Gasteiger partial charge in [0.15, 0.2) is 5.82 Å². The van der Waals surface area contributed by atoms with E-state index >= 15 is 0 Å². The summed E-state index contributed by atoms with van der Waals surface area (Å²) < 4.78 is 15.8. The van der Waals surface area contributed by atoms with Gasteiger partial charge in [0.05, 0.1) is 17.1 Å². The molecule has 4 rings (SSSR count). The fourth-order valence-corrected chi connectivity index (χ4v) is 3.35. The predicted octanol–water partition coefficient (Wildman–Crippen LogP) is 4.12. The van der Waals surface area contributed by atoms with Gasteiger partial charge in [-0.3, -0.25) is 4.57 Å². The number of hydrogen-bond donors (Lipinski definition) is 1. The summed E-state index contributed by atoms with van der Waals surface area (Å²) in [5, 5.41) is 11.1. The van der Waals surface area contributed by atoms with Crippen molar-refractivity contribution in [3.63, 3.8) is 0 Å². The summed E-state index contributed by atoms with van der Waals surface area (Å²) in [6.07, 6.45) is -1.17. The molecule has 2 heterocycles. The Hall–Kier alpha value is -2.50. The summed E-state index contributed by atoms with van der Waals surface area (Å²) in [5.41, 5.74) is 4.01. The maximum absolute atomic E-state index is 14.0. The van der Waals surface area contributed by atoms with Crippen molar-refractivity contribution in [3.8, 4) is 5.69 Å². The lowest BCUT2D eigenvalue weighted by Gasteiger charge is -2.14. The van der Waals surface area contributed by atoms with E-state index in [0.717, 1.165) is 11.4 Å². The van der Waals surface area contributed by atoms with E-state index in [-0.39, 0.29) is 5.82 Å². The molecule has 1 aliphatic heterocycles. The Bertz CT molecular complexity index is 1030. The zero-order chi connectivity index (χ0) is 17.7. The first-order valence-corrected chi connectivity index (χ1v) is 8.22. The molecule has 0 aliphatic carbocycles. The van der Waals surface area contributed by atoms with E-state index < -0.39 is 6.23 Å². The molecule has 4 nitrogen and oxygen atoms in total. The second kappa shape index (κ2) is 5.79. The van der Waals surface area contributed by atoms with Gasteiger partial charge in [0.25, 0.3) is 0 Å². The van der Waals surface area contributed by atoms with Gasteiger partial charge in [-0.05, 0) is 38.1 Å². The standard InChI is InChI=1S/C19H15ClFN3O/c1-10-11(2)24-16-8-7-12(21)9-14(16)17(23-19(25)18(24)22-10)13-5-3-4-6-15(13)20/h3-9,19,25H,1-2H3. The van der Waals surface area contributed by atoms with Gasteiger partial charge in [-0.2, -0.15) is 0 Å². The van der Waals surface area contributed by atoms with E-state index in [0.29, 0.717) is 33.4 Å². The van der Waals surface area contributed by atoms with Gasteiger partial charge >= 0.3 is 0 Å². The number of fused-ring (bicyclic) bond motifs is 3. The Labute approximate surface area is 149 Å². The van der Waals surface area contributed by atoms with Crippen molar-refractivity contribution in [1.82, 2.24) is 9.55 Å². The minimum Gasteiger partial charge on any atom is -0.365 e. The van der Waals surface area contributed by atoms with Crippen molar-refractivity contribution in [2.75, 3.05) is 0 Å². The smallest absolute Gasteiger partial charge is 0.205 e. The van der Waals surface area contributed by atoms with Crippen LogP contribution in [-0.4, -0.2) is 20.4 Å². The second-order valence-corrected chi connectivity index (χ2v) is 6.38. The van der Waals surface area contributed by atoms with Gasteiger partial charge in [0.1, 0.15) is 5.82 Å². The molecule has 1 atom stereocenters. The molecule has 1 aromatic heterocycles. The molecule has 1 aliphatic rings. The zero-order valence-corrected chi connectivity index (χ0v) is 14.4. The van der Waals surface area contributed by atoms with Crippen LogP contribution in [0.5, 0.6) is 0 Å². The maximum Gasteiger partial charge on any atom is 0.205 e. The number of nitrogens with zero attached hydrogens (tertiary/aromatic N) is 3. The van der Waals surface area contributed by atoms with E-state index in [9.17, 15) is 9.50 Å². The third-order valence-electron chi connectivity index (χ3n) is 4.44. The summed E-state index contributed by atoms with van der Waals surface area (Å²) >= 11 is 6.33. The molecule has 3 aromatic rings. The molecule has 0 amide bonds. The first-order valence-electron chi connectivity index (χ1n) is 7.84. The minimum absolute atomic E-state index is 0.383. The van der Waals surface area contributed by atoms with Crippen LogP contribution in [0.15, 0.2) is 47.5 Å². The van der Waals surface area contributed by atoms with Crippen molar-refractivity contribution < 1.29 is 9.50 Å². The van der Waals surface area contributed by atoms with E-state index in [1.807, 2.05) is 30.5 Å². The second-order valence-electron chi connectivity index (χ2n) is 5.97. The van der Waals surface area contributed by atoms with Crippen LogP contribution in [0, 0.1) is 19.7 Å². The Morgan fingerprint density at radius 2 is 1.88 bits per heavy atom. The number of aliphatic hydroxyl groups excluding tert-OH is 1. The molecular weight excluding hydrogens is 341 g/mol. The normalized spacial score (nSPS) is 16.0. The van der Waals surface area contributed by atoms with Gasteiger partial charge in [-0.1, -0.05) is 29.8 Å². The van der Waals surface area contributed by atoms with Crippen LogP contribution in [0.1, 0.15) is 34.6 Å². The third-order valence-corrected chi connectivity index (χ3v) is 4.77. The highest BCUT2D eigenvalue weighted by Gasteiger charge is 2.28. The lowest BCUT2D eigenvalue weighted by Crippen LogP contribution is -2.09. The number of hydrogen-bond acceptors (Lipinski definition) is 3. The molecule has 0 saturated carbocycles. The van der Waals surface area contributed by atoms with Gasteiger partial charge in [-0.25, -0.2) is 14.4 Å². The van der Waals surface area contributed by atoms with Crippen molar-refractivity contribution in [3.05, 3.63) is 81.6 Å². The van der Waals surface area contributed by atoms with E-state index in [1.165, 1.54) is 12.1 Å². The number of aryl methyl sites for hydroxylation is 1. The largest absolute Gasteiger partial charge is 0.365 e. The number of halogens is 2. The summed E-state index contributed by atoms with van der Waals surface area (Å²) in [7, 11) is 0. The molecule has 0 spiro atoms. The summed E-state index contributed by atoms with van der Waals surface area (Å²) in [4.78, 5) is 8.87. The fourth-order valence-electron chi connectivity index (χ4n) is 3.12. The molecular formula is C19H15ClFN3O. The summed E-state index contributed by atoms with van der Waals surface area (Å²) in [6.45, 7) is 3.78. The van der Waals surface area contributed by atoms with Crippen molar-refractivity contribution in [1.29, 1.82) is 0 Å². The summed E-state index contributed by atoms with van der Waals surface area (Å²) in [6, 6.07) is 11.6. The first kappa shape index (κ1) is 16.0. The number of aliphatic hydroxyl groups is 1. The van der Waals surface area contributed by atoms with Crippen LogP contribution in [0.25, 0.3) is 5.69 Å². The van der Waals surface area contributed by atoms with Crippen LogP contribution in [0.4, 0.5) is 4.39 Å². The monoisotopic (exact) mass is 355 g/mol. The lowest BCUT2D eigenvalue weighted by molar-refractivity contribution is 0.177. The number of aromatic nitrogens is 2. The molecule has 126 valence electrons. The number of rotatable bonds is 1. The van der Waals surface area contributed by atoms with Crippen LogP contribution < -0.4 is 0 Å². The molecule has 0 bridgehead atoms. The third kappa shape index (κ3) is 2.47. The SMILES string of the molecule is Cc1nc2n(c1C)-c1ccc(F)cc1C(c1ccccc1Cl)=NC2O. The van der Waals surface area contributed by atoms with E-state index in [1.54, 1.807) is 18.2 Å². The molecule has 0 saturated heterocycles. The molecule has 25 heavy (non-hydrogen) atoms. The van der Waals surface area contributed by atoms with Gasteiger partial charge in [0, 0.05) is 21.8 Å². The van der Waals surface area contributed by atoms with Crippen molar-refractivity contribution in [2.24, 2.45) is 4.99 Å². The van der Waals surface area contributed by atoms with E-state index in [4.69, 9.17) is 11.6 Å². The quantitative estimate of drug-likeness (QED) is 0.713. The first-order chi connectivity index (χ1) is 12.0. The highest BCUT2D eigenvalue weighted by atomic mass is 35.5. The van der Waals surface area contributed by atoms with Crippen LogP contribution in [0.3, 0.4) is 0 Å². The Morgan fingerprint density at radius 3 is 2.64 bits per heavy atom. The minimum atomic E-state index is -1.17. The van der Waals surface area contributed by atoms with Gasteiger partial charge in [-0.15, -0.1) is 0 Å². The average molecular weight is 356 g/mol. The molecule has 0 radical (unpaired) electrons.